The van der Waals surface area contributed by atoms with Gasteiger partial charge in [0.25, 0.3) is 0 Å². The van der Waals surface area contributed by atoms with E-state index in [4.69, 9.17) is 16.3 Å². The van der Waals surface area contributed by atoms with Gasteiger partial charge >= 0.3 is 0 Å². The van der Waals surface area contributed by atoms with Crippen molar-refractivity contribution in [2.75, 3.05) is 7.11 Å². The summed E-state index contributed by atoms with van der Waals surface area (Å²) in [5.41, 5.74) is 3.05. The predicted octanol–water partition coefficient (Wildman–Crippen LogP) is 5.36. The highest BCUT2D eigenvalue weighted by Crippen LogP contribution is 2.31. The van der Waals surface area contributed by atoms with Gasteiger partial charge in [0, 0.05) is 16.7 Å². The molecule has 0 spiro atoms. The number of benzene rings is 2. The molecule has 1 aromatic heterocycles. The molecule has 2 aromatic carbocycles. The molecule has 1 unspecified atom stereocenters. The highest BCUT2D eigenvalue weighted by Gasteiger charge is 2.23. The average molecular weight is 459 g/mol. The van der Waals surface area contributed by atoms with Crippen molar-refractivity contribution >= 4 is 29.3 Å². The van der Waals surface area contributed by atoms with Gasteiger partial charge < -0.3 is 10.1 Å². The summed E-state index contributed by atoms with van der Waals surface area (Å²) < 4.78 is 7.31. The number of nitrogens with zero attached hydrogens (tertiary/aromatic N) is 3. The highest BCUT2D eigenvalue weighted by molar-refractivity contribution is 7.98. The second kappa shape index (κ2) is 10.2. The zero-order valence-electron chi connectivity index (χ0n) is 18.3. The summed E-state index contributed by atoms with van der Waals surface area (Å²) in [6.45, 7) is 7.66. The molecule has 6 nitrogen and oxygen atoms in total. The van der Waals surface area contributed by atoms with E-state index in [2.05, 4.69) is 15.5 Å². The fraction of sp³-hybridized carbons (Fsp3) is 0.348. The van der Waals surface area contributed by atoms with Crippen LogP contribution in [0.2, 0.25) is 5.02 Å². The van der Waals surface area contributed by atoms with Gasteiger partial charge in [-0.1, -0.05) is 55.4 Å². The van der Waals surface area contributed by atoms with Gasteiger partial charge in [-0.2, -0.15) is 0 Å². The minimum absolute atomic E-state index is 0.0320. The standard InChI is InChI=1S/C23H27ClN4O2S/c1-14(2)22(29)25-16(4)21-26-27-23(28(21)20-12-18(24)10-9-15(20)3)31-13-17-7-6-8-19(11-17)30-5/h6-12,14,16H,13H2,1-5H3,(H,25,29). The van der Waals surface area contributed by atoms with Crippen LogP contribution in [-0.2, 0) is 10.5 Å². The van der Waals surface area contributed by atoms with Gasteiger partial charge in [-0.05, 0) is 49.2 Å². The molecule has 0 saturated carbocycles. The van der Waals surface area contributed by atoms with Gasteiger partial charge in [0.1, 0.15) is 5.75 Å². The molecule has 0 bridgehead atoms. The van der Waals surface area contributed by atoms with E-state index in [9.17, 15) is 4.79 Å². The number of hydrogen-bond donors (Lipinski definition) is 1. The van der Waals surface area contributed by atoms with Crippen molar-refractivity contribution in [1.29, 1.82) is 0 Å². The Morgan fingerprint density at radius 2 is 1.97 bits per heavy atom. The summed E-state index contributed by atoms with van der Waals surface area (Å²) in [5, 5.41) is 13.3. The van der Waals surface area contributed by atoms with Gasteiger partial charge in [0.05, 0.1) is 18.8 Å². The smallest absolute Gasteiger partial charge is 0.223 e. The SMILES string of the molecule is COc1cccc(CSc2nnc(C(C)NC(=O)C(C)C)n2-c2cc(Cl)ccc2C)c1. The lowest BCUT2D eigenvalue weighted by Gasteiger charge is -2.18. The highest BCUT2D eigenvalue weighted by atomic mass is 35.5. The molecule has 164 valence electrons. The quantitative estimate of drug-likeness (QED) is 0.460. The summed E-state index contributed by atoms with van der Waals surface area (Å²) in [7, 11) is 1.66. The first-order valence-electron chi connectivity index (χ1n) is 10.1. The average Bonchev–Trinajstić information content (AvgIpc) is 3.17. The number of ether oxygens (including phenoxy) is 1. The Bertz CT molecular complexity index is 1070. The van der Waals surface area contributed by atoms with Gasteiger partial charge in [0.15, 0.2) is 11.0 Å². The second-order valence-corrected chi connectivity index (χ2v) is 9.01. The minimum atomic E-state index is -0.313. The first-order valence-corrected chi connectivity index (χ1v) is 11.4. The van der Waals surface area contributed by atoms with Crippen LogP contribution >= 0.6 is 23.4 Å². The largest absolute Gasteiger partial charge is 0.497 e. The van der Waals surface area contributed by atoms with E-state index in [0.717, 1.165) is 27.7 Å². The number of aromatic nitrogens is 3. The molecule has 1 N–H and O–H groups in total. The molecule has 31 heavy (non-hydrogen) atoms. The number of hydrogen-bond acceptors (Lipinski definition) is 5. The zero-order chi connectivity index (χ0) is 22.5. The molecular weight excluding hydrogens is 432 g/mol. The number of amides is 1. The number of halogens is 1. The summed E-state index contributed by atoms with van der Waals surface area (Å²) in [4.78, 5) is 12.3. The Labute approximate surface area is 192 Å². The van der Waals surface area contributed by atoms with Crippen molar-refractivity contribution < 1.29 is 9.53 Å². The van der Waals surface area contributed by atoms with Crippen molar-refractivity contribution in [1.82, 2.24) is 20.1 Å². The summed E-state index contributed by atoms with van der Waals surface area (Å²) >= 11 is 7.88. The number of nitrogens with one attached hydrogen (secondary N) is 1. The Morgan fingerprint density at radius 1 is 1.19 bits per heavy atom. The van der Waals surface area contributed by atoms with Crippen LogP contribution in [-0.4, -0.2) is 27.8 Å². The van der Waals surface area contributed by atoms with Crippen molar-refractivity contribution in [2.24, 2.45) is 5.92 Å². The van der Waals surface area contributed by atoms with Crippen molar-refractivity contribution in [3.63, 3.8) is 0 Å². The molecule has 3 rings (SSSR count). The molecule has 8 heteroatoms. The van der Waals surface area contributed by atoms with Crippen LogP contribution in [0.25, 0.3) is 5.69 Å². The van der Waals surface area contributed by atoms with E-state index in [1.54, 1.807) is 18.9 Å². The van der Waals surface area contributed by atoms with Crippen molar-refractivity contribution in [2.45, 2.75) is 44.6 Å². The van der Waals surface area contributed by atoms with Gasteiger partial charge in [-0.15, -0.1) is 10.2 Å². The summed E-state index contributed by atoms with van der Waals surface area (Å²) in [6.07, 6.45) is 0. The molecule has 3 aromatic rings. The fourth-order valence-corrected chi connectivity index (χ4v) is 4.12. The Hall–Kier alpha value is -2.51. The molecule has 1 heterocycles. The van der Waals surface area contributed by atoms with E-state index >= 15 is 0 Å². The summed E-state index contributed by atoms with van der Waals surface area (Å²) in [6, 6.07) is 13.4. The molecule has 0 fully saturated rings. The molecule has 0 saturated heterocycles. The number of carbonyl (C=O) groups is 1. The zero-order valence-corrected chi connectivity index (χ0v) is 19.9. The maximum absolute atomic E-state index is 12.3. The Kier molecular flexibility index (Phi) is 7.62. The van der Waals surface area contributed by atoms with Crippen LogP contribution in [0.5, 0.6) is 5.75 Å². The fourth-order valence-electron chi connectivity index (χ4n) is 3.06. The van der Waals surface area contributed by atoms with Crippen LogP contribution < -0.4 is 10.1 Å². The molecular formula is C23H27ClN4O2S. The van der Waals surface area contributed by atoms with E-state index in [0.29, 0.717) is 16.6 Å². The van der Waals surface area contributed by atoms with Crippen LogP contribution in [0.15, 0.2) is 47.6 Å². The first-order chi connectivity index (χ1) is 14.8. The Morgan fingerprint density at radius 3 is 2.68 bits per heavy atom. The normalized spacial score (nSPS) is 12.1. The van der Waals surface area contributed by atoms with Gasteiger partial charge in [-0.3, -0.25) is 9.36 Å². The minimum Gasteiger partial charge on any atom is -0.497 e. The van der Waals surface area contributed by atoms with Crippen molar-refractivity contribution in [3.8, 4) is 11.4 Å². The van der Waals surface area contributed by atoms with Crippen LogP contribution in [0.3, 0.4) is 0 Å². The third kappa shape index (κ3) is 5.60. The van der Waals surface area contributed by atoms with Gasteiger partial charge in [0.2, 0.25) is 5.91 Å². The number of thioether (sulfide) groups is 1. The molecule has 0 aliphatic rings. The number of carbonyl (C=O) groups excluding carboxylic acids is 1. The Balaban J connectivity index is 1.97. The first kappa shape index (κ1) is 23.2. The van der Waals surface area contributed by atoms with E-state index in [-0.39, 0.29) is 17.9 Å². The topological polar surface area (TPSA) is 69.0 Å². The number of aryl methyl sites for hydroxylation is 1. The van der Waals surface area contributed by atoms with E-state index in [1.165, 1.54) is 0 Å². The van der Waals surface area contributed by atoms with Crippen molar-refractivity contribution in [3.05, 3.63) is 64.4 Å². The lowest BCUT2D eigenvalue weighted by molar-refractivity contribution is -0.124. The van der Waals surface area contributed by atoms with Crippen LogP contribution in [0.1, 0.15) is 43.8 Å². The van der Waals surface area contributed by atoms with Crippen LogP contribution in [0, 0.1) is 12.8 Å². The maximum Gasteiger partial charge on any atom is 0.223 e. The van der Waals surface area contributed by atoms with Gasteiger partial charge in [-0.25, -0.2) is 0 Å². The van der Waals surface area contributed by atoms with E-state index < -0.39 is 0 Å². The third-order valence-electron chi connectivity index (χ3n) is 4.84. The lowest BCUT2D eigenvalue weighted by Crippen LogP contribution is -2.31. The maximum atomic E-state index is 12.3. The second-order valence-electron chi connectivity index (χ2n) is 7.63. The summed E-state index contributed by atoms with van der Waals surface area (Å²) in [5.74, 6) is 2.02. The molecule has 1 amide bonds. The molecule has 0 aliphatic carbocycles. The molecule has 0 aliphatic heterocycles. The lowest BCUT2D eigenvalue weighted by atomic mass is 10.1. The number of rotatable bonds is 8. The van der Waals surface area contributed by atoms with E-state index in [1.807, 2.05) is 74.7 Å². The third-order valence-corrected chi connectivity index (χ3v) is 6.08. The molecule has 1 atom stereocenters. The molecule has 0 radical (unpaired) electrons. The predicted molar refractivity (Wildman–Crippen MR) is 125 cm³/mol. The number of methoxy groups -OCH3 is 1. The van der Waals surface area contributed by atoms with Crippen LogP contribution in [0.4, 0.5) is 0 Å². The monoisotopic (exact) mass is 458 g/mol.